The molecule has 0 bridgehead atoms. The van der Waals surface area contributed by atoms with Crippen LogP contribution >= 0.6 is 0 Å². The van der Waals surface area contributed by atoms with Crippen molar-refractivity contribution < 1.29 is 9.53 Å². The SMILES string of the molecule is COCCCCNC(=O)CC(c1ccc(C)c(C)c1)C1CC1. The number of amides is 1. The molecule has 1 aromatic carbocycles. The van der Waals surface area contributed by atoms with Crippen LogP contribution in [0.15, 0.2) is 18.2 Å². The first-order valence-corrected chi connectivity index (χ1v) is 8.44. The Morgan fingerprint density at radius 3 is 2.68 bits per heavy atom. The molecule has 1 N–H and O–H groups in total. The first-order chi connectivity index (χ1) is 10.6. The number of benzene rings is 1. The highest BCUT2D eigenvalue weighted by molar-refractivity contribution is 5.77. The van der Waals surface area contributed by atoms with Gasteiger partial charge in [-0.2, -0.15) is 0 Å². The average molecular weight is 303 g/mol. The van der Waals surface area contributed by atoms with Gasteiger partial charge in [0.05, 0.1) is 0 Å². The van der Waals surface area contributed by atoms with E-state index in [-0.39, 0.29) is 5.91 Å². The Labute approximate surface area is 134 Å². The average Bonchev–Trinajstić information content (AvgIpc) is 3.32. The van der Waals surface area contributed by atoms with E-state index in [4.69, 9.17) is 4.74 Å². The number of nitrogens with one attached hydrogen (secondary N) is 1. The van der Waals surface area contributed by atoms with Crippen molar-refractivity contribution in [2.24, 2.45) is 5.92 Å². The van der Waals surface area contributed by atoms with Gasteiger partial charge in [-0.15, -0.1) is 0 Å². The summed E-state index contributed by atoms with van der Waals surface area (Å²) < 4.78 is 5.02. The first-order valence-electron chi connectivity index (χ1n) is 8.44. The molecule has 122 valence electrons. The van der Waals surface area contributed by atoms with Crippen molar-refractivity contribution in [3.05, 3.63) is 34.9 Å². The lowest BCUT2D eigenvalue weighted by Crippen LogP contribution is -2.26. The van der Waals surface area contributed by atoms with Crippen LogP contribution in [0.3, 0.4) is 0 Å². The van der Waals surface area contributed by atoms with Gasteiger partial charge in [0.1, 0.15) is 0 Å². The van der Waals surface area contributed by atoms with E-state index in [1.165, 1.54) is 29.5 Å². The van der Waals surface area contributed by atoms with Crippen molar-refractivity contribution in [1.29, 1.82) is 0 Å². The van der Waals surface area contributed by atoms with E-state index in [1.807, 2.05) is 0 Å². The fourth-order valence-electron chi connectivity index (χ4n) is 2.92. The van der Waals surface area contributed by atoms with Gasteiger partial charge in [0.2, 0.25) is 5.91 Å². The molecule has 1 aliphatic rings. The predicted molar refractivity (Wildman–Crippen MR) is 90.1 cm³/mol. The van der Waals surface area contributed by atoms with Crippen LogP contribution < -0.4 is 5.32 Å². The minimum atomic E-state index is 0.188. The highest BCUT2D eigenvalue weighted by Gasteiger charge is 2.33. The lowest BCUT2D eigenvalue weighted by molar-refractivity contribution is -0.121. The molecule has 0 aromatic heterocycles. The summed E-state index contributed by atoms with van der Waals surface area (Å²) in [6.07, 6.45) is 5.13. The predicted octanol–water partition coefficient (Wildman–Crippen LogP) is 3.73. The van der Waals surface area contributed by atoms with Crippen LogP contribution in [0.25, 0.3) is 0 Å². The second-order valence-corrected chi connectivity index (χ2v) is 6.54. The molecule has 1 atom stereocenters. The van der Waals surface area contributed by atoms with Crippen molar-refractivity contribution in [2.75, 3.05) is 20.3 Å². The van der Waals surface area contributed by atoms with Gasteiger partial charge in [-0.25, -0.2) is 0 Å². The zero-order chi connectivity index (χ0) is 15.9. The summed E-state index contributed by atoms with van der Waals surface area (Å²) in [4.78, 5) is 12.2. The first kappa shape index (κ1) is 17.0. The molecular formula is C19H29NO2. The van der Waals surface area contributed by atoms with Crippen molar-refractivity contribution >= 4 is 5.91 Å². The van der Waals surface area contributed by atoms with Gasteiger partial charge in [-0.1, -0.05) is 18.2 Å². The largest absolute Gasteiger partial charge is 0.385 e. The van der Waals surface area contributed by atoms with E-state index >= 15 is 0 Å². The third-order valence-electron chi connectivity index (χ3n) is 4.65. The second kappa shape index (κ2) is 8.33. The number of methoxy groups -OCH3 is 1. The molecule has 0 aliphatic heterocycles. The van der Waals surface area contributed by atoms with Gasteiger partial charge in [0.25, 0.3) is 0 Å². The van der Waals surface area contributed by atoms with Crippen LogP contribution in [0, 0.1) is 19.8 Å². The quantitative estimate of drug-likeness (QED) is 0.706. The van der Waals surface area contributed by atoms with Crippen molar-refractivity contribution in [2.45, 2.75) is 51.9 Å². The van der Waals surface area contributed by atoms with Gasteiger partial charge < -0.3 is 10.1 Å². The second-order valence-electron chi connectivity index (χ2n) is 6.54. The number of unbranched alkanes of at least 4 members (excludes halogenated alkanes) is 1. The maximum Gasteiger partial charge on any atom is 0.220 e. The number of ether oxygens (including phenoxy) is 1. The maximum absolute atomic E-state index is 12.2. The van der Waals surface area contributed by atoms with Gasteiger partial charge in [-0.3, -0.25) is 4.79 Å². The van der Waals surface area contributed by atoms with Crippen molar-refractivity contribution in [3.8, 4) is 0 Å². The van der Waals surface area contributed by atoms with Crippen LogP contribution in [0.4, 0.5) is 0 Å². The number of carbonyl (C=O) groups excluding carboxylic acids is 1. The van der Waals surface area contributed by atoms with Gasteiger partial charge in [-0.05, 0) is 68.1 Å². The van der Waals surface area contributed by atoms with E-state index in [0.717, 1.165) is 26.0 Å². The molecule has 22 heavy (non-hydrogen) atoms. The molecule has 1 saturated carbocycles. The van der Waals surface area contributed by atoms with E-state index in [9.17, 15) is 4.79 Å². The summed E-state index contributed by atoms with van der Waals surface area (Å²) in [6.45, 7) is 5.81. The summed E-state index contributed by atoms with van der Waals surface area (Å²) in [6, 6.07) is 6.66. The van der Waals surface area contributed by atoms with E-state index in [0.29, 0.717) is 18.3 Å². The number of hydrogen-bond acceptors (Lipinski definition) is 2. The molecular weight excluding hydrogens is 274 g/mol. The summed E-state index contributed by atoms with van der Waals surface area (Å²) in [5.74, 6) is 1.27. The highest BCUT2D eigenvalue weighted by Crippen LogP contribution is 2.44. The van der Waals surface area contributed by atoms with Gasteiger partial charge >= 0.3 is 0 Å². The number of aryl methyl sites for hydroxylation is 2. The summed E-state index contributed by atoms with van der Waals surface area (Å²) in [5.41, 5.74) is 3.98. The molecule has 1 amide bonds. The van der Waals surface area contributed by atoms with E-state index in [1.54, 1.807) is 7.11 Å². The molecule has 0 saturated heterocycles. The fraction of sp³-hybridized carbons (Fsp3) is 0.632. The van der Waals surface area contributed by atoms with Crippen LogP contribution in [0.1, 0.15) is 54.7 Å². The summed E-state index contributed by atoms with van der Waals surface area (Å²) >= 11 is 0. The summed E-state index contributed by atoms with van der Waals surface area (Å²) in [7, 11) is 1.71. The lowest BCUT2D eigenvalue weighted by atomic mass is 9.89. The Morgan fingerprint density at radius 2 is 2.05 bits per heavy atom. The lowest BCUT2D eigenvalue weighted by Gasteiger charge is -2.18. The molecule has 1 fully saturated rings. The topological polar surface area (TPSA) is 38.3 Å². The normalized spacial score (nSPS) is 15.6. The number of hydrogen-bond donors (Lipinski definition) is 1. The highest BCUT2D eigenvalue weighted by atomic mass is 16.5. The zero-order valence-electron chi connectivity index (χ0n) is 14.2. The third-order valence-corrected chi connectivity index (χ3v) is 4.65. The number of carbonyl (C=O) groups is 1. The Hall–Kier alpha value is -1.35. The fourth-order valence-corrected chi connectivity index (χ4v) is 2.92. The molecule has 3 nitrogen and oxygen atoms in total. The van der Waals surface area contributed by atoms with E-state index in [2.05, 4.69) is 37.4 Å². The van der Waals surface area contributed by atoms with Crippen LogP contribution in [0.5, 0.6) is 0 Å². The summed E-state index contributed by atoms with van der Waals surface area (Å²) in [5, 5.41) is 3.06. The molecule has 1 unspecified atom stereocenters. The molecule has 1 aliphatic carbocycles. The minimum absolute atomic E-state index is 0.188. The van der Waals surface area contributed by atoms with Gasteiger partial charge in [0, 0.05) is 26.7 Å². The minimum Gasteiger partial charge on any atom is -0.385 e. The van der Waals surface area contributed by atoms with Crippen LogP contribution in [0.2, 0.25) is 0 Å². The third kappa shape index (κ3) is 5.13. The van der Waals surface area contributed by atoms with Gasteiger partial charge in [0.15, 0.2) is 0 Å². The molecule has 1 aromatic rings. The smallest absolute Gasteiger partial charge is 0.220 e. The Balaban J connectivity index is 1.86. The van der Waals surface area contributed by atoms with Crippen LogP contribution in [-0.4, -0.2) is 26.2 Å². The Kier molecular flexibility index (Phi) is 6.44. The number of rotatable bonds is 9. The monoisotopic (exact) mass is 303 g/mol. The molecule has 0 spiro atoms. The molecule has 0 heterocycles. The van der Waals surface area contributed by atoms with Crippen molar-refractivity contribution in [1.82, 2.24) is 5.32 Å². The Morgan fingerprint density at radius 1 is 1.27 bits per heavy atom. The molecule has 2 rings (SSSR count). The zero-order valence-corrected chi connectivity index (χ0v) is 14.2. The standard InChI is InChI=1S/C19H29NO2/c1-14-6-7-17(12-15(14)2)18(16-8-9-16)13-19(21)20-10-4-5-11-22-3/h6-7,12,16,18H,4-5,8-11,13H2,1-3H3,(H,20,21). The molecule has 0 radical (unpaired) electrons. The Bertz CT molecular complexity index is 494. The maximum atomic E-state index is 12.2. The van der Waals surface area contributed by atoms with Crippen molar-refractivity contribution in [3.63, 3.8) is 0 Å². The molecule has 3 heteroatoms. The van der Waals surface area contributed by atoms with Crippen LogP contribution in [-0.2, 0) is 9.53 Å². The van der Waals surface area contributed by atoms with E-state index < -0.39 is 0 Å².